The van der Waals surface area contributed by atoms with Crippen molar-refractivity contribution in [3.63, 3.8) is 0 Å². The molecule has 6 heteroatoms. The number of fused-ring (bicyclic) bond motifs is 1. The molecule has 0 amide bonds. The Bertz CT molecular complexity index is 863. The lowest BCUT2D eigenvalue weighted by atomic mass is 10.1. The molecule has 3 aromatic rings. The van der Waals surface area contributed by atoms with Gasteiger partial charge in [0.15, 0.2) is 5.82 Å². The van der Waals surface area contributed by atoms with Gasteiger partial charge in [0.1, 0.15) is 5.82 Å². The second kappa shape index (κ2) is 6.80. The molecule has 0 radical (unpaired) electrons. The highest BCUT2D eigenvalue weighted by atomic mass is 15.3. The molecule has 1 N–H and O–H groups in total. The van der Waals surface area contributed by atoms with Crippen LogP contribution < -0.4 is 4.90 Å². The molecule has 0 bridgehead atoms. The fourth-order valence-corrected chi connectivity index (χ4v) is 3.46. The zero-order valence-corrected chi connectivity index (χ0v) is 14.9. The van der Waals surface area contributed by atoms with Gasteiger partial charge in [-0.3, -0.25) is 15.0 Å². The zero-order chi connectivity index (χ0) is 17.2. The summed E-state index contributed by atoms with van der Waals surface area (Å²) in [6.45, 7) is 8.99. The van der Waals surface area contributed by atoms with E-state index >= 15 is 0 Å². The molecule has 0 atom stereocenters. The molecule has 0 aliphatic carbocycles. The van der Waals surface area contributed by atoms with E-state index in [2.05, 4.69) is 62.2 Å². The van der Waals surface area contributed by atoms with Crippen LogP contribution in [0.5, 0.6) is 0 Å². The zero-order valence-electron chi connectivity index (χ0n) is 14.9. The number of piperazine rings is 1. The van der Waals surface area contributed by atoms with Crippen LogP contribution in [0, 0.1) is 6.92 Å². The highest BCUT2D eigenvalue weighted by molar-refractivity contribution is 5.92. The number of para-hydroxylation sites is 1. The van der Waals surface area contributed by atoms with E-state index in [0.717, 1.165) is 62.0 Å². The lowest BCUT2D eigenvalue weighted by Gasteiger charge is -2.36. The lowest BCUT2D eigenvalue weighted by Crippen LogP contribution is -2.46. The van der Waals surface area contributed by atoms with Crippen LogP contribution in [0.4, 0.5) is 5.69 Å². The quantitative estimate of drug-likeness (QED) is 0.793. The minimum absolute atomic E-state index is 0.815. The average molecular weight is 336 g/mol. The molecule has 2 aromatic heterocycles. The minimum Gasteiger partial charge on any atom is -0.368 e. The predicted molar refractivity (Wildman–Crippen MR) is 99.7 cm³/mol. The van der Waals surface area contributed by atoms with E-state index in [1.807, 2.05) is 6.92 Å². The van der Waals surface area contributed by atoms with Crippen LogP contribution in [0.25, 0.3) is 10.9 Å². The predicted octanol–water partition coefficient (Wildman–Crippen LogP) is 2.55. The minimum atomic E-state index is 0.815. The Morgan fingerprint density at radius 3 is 2.60 bits per heavy atom. The monoisotopic (exact) mass is 336 g/mol. The van der Waals surface area contributed by atoms with E-state index in [1.165, 1.54) is 11.1 Å². The lowest BCUT2D eigenvalue weighted by molar-refractivity contribution is 0.244. The fraction of sp³-hybridized carbons (Fsp3) is 0.421. The Labute approximate surface area is 147 Å². The largest absolute Gasteiger partial charge is 0.368 e. The van der Waals surface area contributed by atoms with Crippen molar-refractivity contribution in [2.45, 2.75) is 26.8 Å². The van der Waals surface area contributed by atoms with Crippen LogP contribution >= 0.6 is 0 Å². The van der Waals surface area contributed by atoms with Crippen molar-refractivity contribution in [3.8, 4) is 0 Å². The van der Waals surface area contributed by atoms with E-state index in [4.69, 9.17) is 4.98 Å². The topological polar surface area (TPSA) is 60.9 Å². The van der Waals surface area contributed by atoms with Gasteiger partial charge in [0.25, 0.3) is 0 Å². The highest BCUT2D eigenvalue weighted by Crippen LogP contribution is 2.28. The summed E-state index contributed by atoms with van der Waals surface area (Å²) in [5, 5.41) is 8.42. The maximum Gasteiger partial charge on any atom is 0.164 e. The molecule has 4 rings (SSSR count). The summed E-state index contributed by atoms with van der Waals surface area (Å²) in [6.07, 6.45) is 0.960. The Kier molecular flexibility index (Phi) is 4.36. The maximum atomic E-state index is 4.77. The van der Waals surface area contributed by atoms with Crippen molar-refractivity contribution < 1.29 is 0 Å². The van der Waals surface area contributed by atoms with Crippen molar-refractivity contribution in [1.82, 2.24) is 25.1 Å². The summed E-state index contributed by atoms with van der Waals surface area (Å²) in [6, 6.07) is 10.7. The van der Waals surface area contributed by atoms with Gasteiger partial charge < -0.3 is 4.90 Å². The molecule has 6 nitrogen and oxygen atoms in total. The molecule has 0 saturated carbocycles. The van der Waals surface area contributed by atoms with Crippen LogP contribution in [0.2, 0.25) is 0 Å². The summed E-state index contributed by atoms with van der Waals surface area (Å²) in [4.78, 5) is 14.1. The Morgan fingerprint density at radius 1 is 1.08 bits per heavy atom. The van der Waals surface area contributed by atoms with Crippen molar-refractivity contribution in [3.05, 3.63) is 47.7 Å². The van der Waals surface area contributed by atoms with Crippen LogP contribution in [-0.2, 0) is 13.0 Å². The molecule has 1 aromatic carbocycles. The molecule has 0 unspecified atom stereocenters. The first-order valence-corrected chi connectivity index (χ1v) is 8.97. The number of aromatic amines is 1. The van der Waals surface area contributed by atoms with Crippen LogP contribution in [0.1, 0.15) is 24.3 Å². The molecule has 0 spiro atoms. The SMILES string of the molecule is CCc1cc(N2CCN(Cc3n[nH]c(C)n3)CC2)c2ccccc2n1. The molecule has 1 fully saturated rings. The first kappa shape index (κ1) is 16.0. The van der Waals surface area contributed by atoms with Gasteiger partial charge in [-0.15, -0.1) is 0 Å². The van der Waals surface area contributed by atoms with Crippen LogP contribution in [-0.4, -0.2) is 51.2 Å². The Hall–Kier alpha value is -2.47. The van der Waals surface area contributed by atoms with E-state index in [0.29, 0.717) is 0 Å². The maximum absolute atomic E-state index is 4.77. The number of rotatable bonds is 4. The van der Waals surface area contributed by atoms with Gasteiger partial charge in [-0.25, -0.2) is 4.98 Å². The first-order valence-electron chi connectivity index (χ1n) is 8.97. The number of anilines is 1. The number of aromatic nitrogens is 4. The van der Waals surface area contributed by atoms with Gasteiger partial charge in [0.2, 0.25) is 0 Å². The smallest absolute Gasteiger partial charge is 0.164 e. The van der Waals surface area contributed by atoms with Gasteiger partial charge in [0.05, 0.1) is 12.1 Å². The summed E-state index contributed by atoms with van der Waals surface area (Å²) in [5.74, 6) is 1.76. The second-order valence-corrected chi connectivity index (χ2v) is 6.60. The number of hydrogen-bond donors (Lipinski definition) is 1. The molecule has 1 aliphatic rings. The van der Waals surface area contributed by atoms with Gasteiger partial charge in [-0.05, 0) is 25.5 Å². The van der Waals surface area contributed by atoms with Crippen molar-refractivity contribution >= 4 is 16.6 Å². The van der Waals surface area contributed by atoms with Gasteiger partial charge in [-0.2, -0.15) is 5.10 Å². The van der Waals surface area contributed by atoms with Gasteiger partial charge in [-0.1, -0.05) is 25.1 Å². The van der Waals surface area contributed by atoms with Crippen LogP contribution in [0.3, 0.4) is 0 Å². The Balaban J connectivity index is 1.51. The number of nitrogens with one attached hydrogen (secondary N) is 1. The third kappa shape index (κ3) is 3.35. The molecule has 1 saturated heterocycles. The van der Waals surface area contributed by atoms with Crippen molar-refractivity contribution in [2.75, 3.05) is 31.1 Å². The molecule has 130 valence electrons. The van der Waals surface area contributed by atoms with Gasteiger partial charge >= 0.3 is 0 Å². The number of pyridine rings is 1. The summed E-state index contributed by atoms with van der Waals surface area (Å²) in [5.41, 5.74) is 3.57. The second-order valence-electron chi connectivity index (χ2n) is 6.60. The average Bonchev–Trinajstić information content (AvgIpc) is 3.06. The number of nitrogens with zero attached hydrogens (tertiary/aromatic N) is 5. The molecule has 1 aliphatic heterocycles. The highest BCUT2D eigenvalue weighted by Gasteiger charge is 2.20. The van der Waals surface area contributed by atoms with Crippen molar-refractivity contribution in [1.29, 1.82) is 0 Å². The van der Waals surface area contributed by atoms with E-state index < -0.39 is 0 Å². The number of aryl methyl sites for hydroxylation is 2. The van der Waals surface area contributed by atoms with E-state index in [-0.39, 0.29) is 0 Å². The molecular weight excluding hydrogens is 312 g/mol. The third-order valence-electron chi connectivity index (χ3n) is 4.83. The van der Waals surface area contributed by atoms with E-state index in [1.54, 1.807) is 0 Å². The Morgan fingerprint density at radius 2 is 1.88 bits per heavy atom. The first-order chi connectivity index (χ1) is 12.2. The number of benzene rings is 1. The van der Waals surface area contributed by atoms with Gasteiger partial charge in [0, 0.05) is 42.9 Å². The summed E-state index contributed by atoms with van der Waals surface area (Å²) in [7, 11) is 0. The standard InChI is InChI=1S/C19H24N6/c1-3-15-12-18(16-6-4-5-7-17(16)21-15)25-10-8-24(9-11-25)13-19-20-14(2)22-23-19/h4-7,12H,3,8-11,13H2,1-2H3,(H,20,22,23). The third-order valence-corrected chi connectivity index (χ3v) is 4.83. The van der Waals surface area contributed by atoms with Crippen molar-refractivity contribution in [2.24, 2.45) is 0 Å². The molecule has 3 heterocycles. The van der Waals surface area contributed by atoms with Crippen LogP contribution in [0.15, 0.2) is 30.3 Å². The molecular formula is C19H24N6. The fourth-order valence-electron chi connectivity index (χ4n) is 3.46. The van der Waals surface area contributed by atoms with E-state index in [9.17, 15) is 0 Å². The summed E-state index contributed by atoms with van der Waals surface area (Å²) >= 11 is 0. The number of hydrogen-bond acceptors (Lipinski definition) is 5. The normalized spacial score (nSPS) is 15.8. The summed E-state index contributed by atoms with van der Waals surface area (Å²) < 4.78 is 0. The number of H-pyrrole nitrogens is 1. The molecule has 25 heavy (non-hydrogen) atoms.